The van der Waals surface area contributed by atoms with Gasteiger partial charge in [0.05, 0.1) is 11.3 Å². The number of carboxylic acids is 1. The number of nitro groups is 1. The second kappa shape index (κ2) is 5.07. The van der Waals surface area contributed by atoms with Crippen LogP contribution >= 0.6 is 0 Å². The van der Waals surface area contributed by atoms with Gasteiger partial charge in [-0.1, -0.05) is 6.92 Å². The Morgan fingerprint density at radius 1 is 1.53 bits per heavy atom. The van der Waals surface area contributed by atoms with Gasteiger partial charge in [0.1, 0.15) is 11.6 Å². The molecule has 6 nitrogen and oxygen atoms in total. The van der Waals surface area contributed by atoms with Gasteiger partial charge in [-0.25, -0.2) is 0 Å². The van der Waals surface area contributed by atoms with Crippen LogP contribution in [0.2, 0.25) is 0 Å². The molecule has 0 saturated heterocycles. The highest BCUT2D eigenvalue weighted by Gasteiger charge is 2.18. The molecule has 0 heterocycles. The number of aryl methyl sites for hydroxylation is 1. The predicted octanol–water partition coefficient (Wildman–Crippen LogP) is 1.66. The molecule has 88 valence electrons. The summed E-state index contributed by atoms with van der Waals surface area (Å²) in [4.78, 5) is 20.7. The maximum Gasteiger partial charge on any atom is 0.307 e. The topological polar surface area (TPSA) is 104 Å². The van der Waals surface area contributed by atoms with Crippen LogP contribution in [0.4, 0.5) is 5.69 Å². The summed E-state index contributed by atoms with van der Waals surface area (Å²) in [6.45, 7) is 1.80. The standard InChI is InChI=1S/C11H10N2O4/c1-2-7-3-9(6-12)10(13(16)17)4-8(7)5-11(14)15/h3-4H,2,5H2,1H3,(H,14,15). The van der Waals surface area contributed by atoms with Crippen LogP contribution in [0.1, 0.15) is 23.6 Å². The highest BCUT2D eigenvalue weighted by atomic mass is 16.6. The van der Waals surface area contributed by atoms with E-state index in [0.29, 0.717) is 17.5 Å². The van der Waals surface area contributed by atoms with Gasteiger partial charge in [0.15, 0.2) is 0 Å². The lowest BCUT2D eigenvalue weighted by molar-refractivity contribution is -0.385. The molecular weight excluding hydrogens is 224 g/mol. The Bertz CT molecular complexity index is 517. The average molecular weight is 234 g/mol. The number of nitro benzene ring substituents is 1. The predicted molar refractivity (Wildman–Crippen MR) is 58.5 cm³/mol. The average Bonchev–Trinajstić information content (AvgIpc) is 2.27. The second-order valence-corrected chi connectivity index (χ2v) is 3.43. The molecule has 17 heavy (non-hydrogen) atoms. The van der Waals surface area contributed by atoms with Gasteiger partial charge in [0.25, 0.3) is 5.69 Å². The van der Waals surface area contributed by atoms with Crippen molar-refractivity contribution in [2.45, 2.75) is 19.8 Å². The van der Waals surface area contributed by atoms with Gasteiger partial charge in [-0.2, -0.15) is 5.26 Å². The van der Waals surface area contributed by atoms with Crippen molar-refractivity contribution < 1.29 is 14.8 Å². The Kier molecular flexibility index (Phi) is 3.78. The van der Waals surface area contributed by atoms with Gasteiger partial charge in [-0.15, -0.1) is 0 Å². The zero-order chi connectivity index (χ0) is 13.0. The molecule has 0 amide bonds. The zero-order valence-electron chi connectivity index (χ0n) is 9.14. The lowest BCUT2D eigenvalue weighted by atomic mass is 9.98. The van der Waals surface area contributed by atoms with Gasteiger partial charge in [-0.3, -0.25) is 14.9 Å². The Hall–Kier alpha value is -2.42. The molecule has 0 radical (unpaired) electrons. The van der Waals surface area contributed by atoms with E-state index in [4.69, 9.17) is 10.4 Å². The van der Waals surface area contributed by atoms with E-state index >= 15 is 0 Å². The summed E-state index contributed by atoms with van der Waals surface area (Å²) >= 11 is 0. The van der Waals surface area contributed by atoms with Crippen LogP contribution in [-0.4, -0.2) is 16.0 Å². The highest BCUT2D eigenvalue weighted by molar-refractivity contribution is 5.72. The first kappa shape index (κ1) is 12.6. The van der Waals surface area contributed by atoms with Gasteiger partial charge < -0.3 is 5.11 Å². The second-order valence-electron chi connectivity index (χ2n) is 3.43. The first-order valence-electron chi connectivity index (χ1n) is 4.91. The summed E-state index contributed by atoms with van der Waals surface area (Å²) in [6, 6.07) is 4.30. The molecule has 0 aliphatic rings. The van der Waals surface area contributed by atoms with Crippen LogP contribution in [0.15, 0.2) is 12.1 Å². The number of rotatable bonds is 4. The lowest BCUT2D eigenvalue weighted by Crippen LogP contribution is -2.05. The zero-order valence-corrected chi connectivity index (χ0v) is 9.14. The third-order valence-electron chi connectivity index (χ3n) is 2.36. The van der Waals surface area contributed by atoms with E-state index in [2.05, 4.69) is 0 Å². The van der Waals surface area contributed by atoms with Crippen molar-refractivity contribution in [2.75, 3.05) is 0 Å². The van der Waals surface area contributed by atoms with Crippen molar-refractivity contribution in [3.05, 3.63) is 38.9 Å². The third kappa shape index (κ3) is 2.78. The van der Waals surface area contributed by atoms with Crippen molar-refractivity contribution >= 4 is 11.7 Å². The van der Waals surface area contributed by atoms with Crippen LogP contribution in [0, 0.1) is 21.4 Å². The smallest absolute Gasteiger partial charge is 0.307 e. The maximum atomic E-state index is 10.7. The summed E-state index contributed by atoms with van der Waals surface area (Å²) < 4.78 is 0. The van der Waals surface area contributed by atoms with E-state index in [9.17, 15) is 14.9 Å². The molecule has 0 bridgehead atoms. The van der Waals surface area contributed by atoms with E-state index in [1.54, 1.807) is 13.0 Å². The minimum atomic E-state index is -1.06. The fraction of sp³-hybridized carbons (Fsp3) is 0.273. The molecular formula is C11H10N2O4. The van der Waals surface area contributed by atoms with Crippen molar-refractivity contribution in [2.24, 2.45) is 0 Å². The number of carboxylic acid groups (broad SMARTS) is 1. The molecule has 6 heteroatoms. The molecule has 0 unspecified atom stereocenters. The van der Waals surface area contributed by atoms with Gasteiger partial charge >= 0.3 is 5.97 Å². The Balaban J connectivity index is 3.40. The summed E-state index contributed by atoms with van der Waals surface area (Å²) in [5.41, 5.74) is 0.641. The van der Waals surface area contributed by atoms with E-state index in [0.717, 1.165) is 0 Å². The summed E-state index contributed by atoms with van der Waals surface area (Å²) in [7, 11) is 0. The van der Waals surface area contributed by atoms with Crippen molar-refractivity contribution in [1.29, 1.82) is 5.26 Å². The van der Waals surface area contributed by atoms with Crippen LogP contribution in [-0.2, 0) is 17.6 Å². The van der Waals surface area contributed by atoms with Gasteiger partial charge in [0, 0.05) is 6.07 Å². The first-order chi connectivity index (χ1) is 7.99. The van der Waals surface area contributed by atoms with Crippen LogP contribution < -0.4 is 0 Å². The third-order valence-corrected chi connectivity index (χ3v) is 2.36. The Morgan fingerprint density at radius 3 is 2.59 bits per heavy atom. The van der Waals surface area contributed by atoms with Crippen LogP contribution in [0.5, 0.6) is 0 Å². The first-order valence-corrected chi connectivity index (χ1v) is 4.91. The summed E-state index contributed by atoms with van der Waals surface area (Å²) in [6.07, 6.45) is 0.241. The van der Waals surface area contributed by atoms with E-state index in [1.807, 2.05) is 0 Å². The molecule has 0 aromatic heterocycles. The van der Waals surface area contributed by atoms with Crippen molar-refractivity contribution in [3.63, 3.8) is 0 Å². The summed E-state index contributed by atoms with van der Waals surface area (Å²) in [5, 5.41) is 28.2. The van der Waals surface area contributed by atoms with Crippen LogP contribution in [0.3, 0.4) is 0 Å². The molecule has 1 aromatic rings. The number of carbonyl (C=O) groups is 1. The molecule has 1 aromatic carbocycles. The van der Waals surface area contributed by atoms with E-state index < -0.39 is 10.9 Å². The number of nitriles is 1. The molecule has 1 rings (SSSR count). The number of hydrogen-bond acceptors (Lipinski definition) is 4. The lowest BCUT2D eigenvalue weighted by Gasteiger charge is -2.06. The number of aliphatic carboxylic acids is 1. The van der Waals surface area contributed by atoms with E-state index in [1.165, 1.54) is 12.1 Å². The molecule has 0 aliphatic heterocycles. The minimum Gasteiger partial charge on any atom is -0.481 e. The Labute approximate surface area is 97.3 Å². The van der Waals surface area contributed by atoms with Crippen molar-refractivity contribution in [1.82, 2.24) is 0 Å². The molecule has 0 saturated carbocycles. The molecule has 0 fully saturated rings. The van der Waals surface area contributed by atoms with Gasteiger partial charge in [-0.05, 0) is 23.6 Å². The van der Waals surface area contributed by atoms with Gasteiger partial charge in [0.2, 0.25) is 0 Å². The number of nitrogens with zero attached hydrogens (tertiary/aromatic N) is 2. The van der Waals surface area contributed by atoms with Crippen LogP contribution in [0.25, 0.3) is 0 Å². The SMILES string of the molecule is CCc1cc(C#N)c([N+](=O)[O-])cc1CC(=O)O. The molecule has 1 N–H and O–H groups in total. The quantitative estimate of drug-likeness (QED) is 0.630. The Morgan fingerprint density at radius 2 is 2.18 bits per heavy atom. The molecule has 0 atom stereocenters. The van der Waals surface area contributed by atoms with Crippen molar-refractivity contribution in [3.8, 4) is 6.07 Å². The minimum absolute atomic E-state index is 0.0408. The van der Waals surface area contributed by atoms with E-state index in [-0.39, 0.29) is 17.7 Å². The molecule has 0 spiro atoms. The monoisotopic (exact) mass is 234 g/mol. The fourth-order valence-corrected chi connectivity index (χ4v) is 1.57. The maximum absolute atomic E-state index is 10.7. The number of hydrogen-bond donors (Lipinski definition) is 1. The number of benzene rings is 1. The largest absolute Gasteiger partial charge is 0.481 e. The highest BCUT2D eigenvalue weighted by Crippen LogP contribution is 2.24. The summed E-state index contributed by atoms with van der Waals surface area (Å²) in [5.74, 6) is -1.06. The molecule has 0 aliphatic carbocycles. The fourth-order valence-electron chi connectivity index (χ4n) is 1.57. The normalized spacial score (nSPS) is 9.65.